The number of benzene rings is 1. The van der Waals surface area contributed by atoms with Crippen LogP contribution in [0.4, 0.5) is 5.69 Å². The van der Waals surface area contributed by atoms with Crippen molar-refractivity contribution >= 4 is 11.6 Å². The first-order valence-corrected chi connectivity index (χ1v) is 6.00. The summed E-state index contributed by atoms with van der Waals surface area (Å²) in [5.41, 5.74) is 0.945. The molecule has 1 saturated carbocycles. The molecular formula is C13H18N2O2. The van der Waals surface area contributed by atoms with Crippen molar-refractivity contribution in [2.75, 3.05) is 25.0 Å². The number of rotatable bonds is 6. The van der Waals surface area contributed by atoms with Crippen molar-refractivity contribution in [3.63, 3.8) is 0 Å². The second-order valence-electron chi connectivity index (χ2n) is 4.26. The molecule has 0 aliphatic heterocycles. The number of nitrogens with one attached hydrogen (secondary N) is 1. The summed E-state index contributed by atoms with van der Waals surface area (Å²) < 4.78 is 0. The quantitative estimate of drug-likeness (QED) is 0.774. The van der Waals surface area contributed by atoms with Crippen LogP contribution in [0.25, 0.3) is 0 Å². The standard InChI is InChI=1S/C13H18N2O2/c16-9-8-15(12-6-7-12)13(17)10-14-11-4-2-1-3-5-11/h1-5,12,14,16H,6-10H2. The van der Waals surface area contributed by atoms with E-state index in [0.29, 0.717) is 19.1 Å². The molecule has 0 atom stereocenters. The van der Waals surface area contributed by atoms with Gasteiger partial charge in [0.15, 0.2) is 0 Å². The lowest BCUT2D eigenvalue weighted by Crippen LogP contribution is -2.39. The number of carbonyl (C=O) groups excluding carboxylic acids is 1. The van der Waals surface area contributed by atoms with Gasteiger partial charge in [-0.1, -0.05) is 18.2 Å². The largest absolute Gasteiger partial charge is 0.395 e. The number of anilines is 1. The fourth-order valence-corrected chi connectivity index (χ4v) is 1.84. The molecule has 1 aromatic rings. The molecule has 92 valence electrons. The van der Waals surface area contributed by atoms with Crippen LogP contribution in [0.15, 0.2) is 30.3 Å². The molecule has 1 fully saturated rings. The lowest BCUT2D eigenvalue weighted by molar-refractivity contribution is -0.130. The van der Waals surface area contributed by atoms with Crippen LogP contribution in [-0.2, 0) is 4.79 Å². The number of aliphatic hydroxyl groups excluding tert-OH is 1. The Morgan fingerprint density at radius 3 is 2.65 bits per heavy atom. The van der Waals surface area contributed by atoms with Crippen molar-refractivity contribution in [2.24, 2.45) is 0 Å². The van der Waals surface area contributed by atoms with E-state index in [1.165, 1.54) is 0 Å². The minimum absolute atomic E-state index is 0.0353. The van der Waals surface area contributed by atoms with Gasteiger partial charge < -0.3 is 15.3 Å². The number of hydrogen-bond donors (Lipinski definition) is 2. The lowest BCUT2D eigenvalue weighted by Gasteiger charge is -2.21. The monoisotopic (exact) mass is 234 g/mol. The van der Waals surface area contributed by atoms with Gasteiger partial charge in [0.25, 0.3) is 0 Å². The van der Waals surface area contributed by atoms with Crippen molar-refractivity contribution in [1.29, 1.82) is 0 Å². The third-order valence-corrected chi connectivity index (χ3v) is 2.87. The highest BCUT2D eigenvalue weighted by molar-refractivity contribution is 5.81. The third kappa shape index (κ3) is 3.46. The minimum Gasteiger partial charge on any atom is -0.395 e. The van der Waals surface area contributed by atoms with E-state index in [0.717, 1.165) is 18.5 Å². The zero-order valence-corrected chi connectivity index (χ0v) is 9.80. The molecule has 4 heteroatoms. The number of hydrogen-bond acceptors (Lipinski definition) is 3. The van der Waals surface area contributed by atoms with Crippen LogP contribution < -0.4 is 5.32 Å². The maximum absolute atomic E-state index is 11.9. The molecule has 1 aliphatic rings. The zero-order valence-electron chi connectivity index (χ0n) is 9.80. The molecule has 2 rings (SSSR count). The Kier molecular flexibility index (Phi) is 3.98. The summed E-state index contributed by atoms with van der Waals surface area (Å²) in [6, 6.07) is 10.0. The highest BCUT2D eigenvalue weighted by Gasteiger charge is 2.31. The number of nitrogens with zero attached hydrogens (tertiary/aromatic N) is 1. The molecule has 0 heterocycles. The number of carbonyl (C=O) groups is 1. The summed E-state index contributed by atoms with van der Waals surface area (Å²) in [5.74, 6) is 0.0606. The van der Waals surface area contributed by atoms with Gasteiger partial charge >= 0.3 is 0 Å². The maximum Gasteiger partial charge on any atom is 0.242 e. The summed E-state index contributed by atoms with van der Waals surface area (Å²) in [6.45, 7) is 0.772. The highest BCUT2D eigenvalue weighted by atomic mass is 16.3. The minimum atomic E-state index is 0.0353. The molecule has 0 aromatic heterocycles. The first-order valence-electron chi connectivity index (χ1n) is 6.00. The van der Waals surface area contributed by atoms with E-state index in [1.54, 1.807) is 4.90 Å². The van der Waals surface area contributed by atoms with E-state index in [-0.39, 0.29) is 12.5 Å². The molecule has 0 saturated heterocycles. The van der Waals surface area contributed by atoms with Gasteiger partial charge in [-0.05, 0) is 25.0 Å². The Morgan fingerprint density at radius 1 is 1.35 bits per heavy atom. The Balaban J connectivity index is 1.83. The Morgan fingerprint density at radius 2 is 2.06 bits per heavy atom. The average molecular weight is 234 g/mol. The van der Waals surface area contributed by atoms with Gasteiger partial charge in [0, 0.05) is 18.3 Å². The van der Waals surface area contributed by atoms with Gasteiger partial charge in [-0.2, -0.15) is 0 Å². The first-order chi connectivity index (χ1) is 8.31. The van der Waals surface area contributed by atoms with E-state index in [4.69, 9.17) is 5.11 Å². The lowest BCUT2D eigenvalue weighted by atomic mass is 10.3. The Labute approximate surface area is 101 Å². The molecule has 0 radical (unpaired) electrons. The molecule has 4 nitrogen and oxygen atoms in total. The summed E-state index contributed by atoms with van der Waals surface area (Å²) in [6.07, 6.45) is 2.13. The predicted molar refractivity (Wildman–Crippen MR) is 66.8 cm³/mol. The van der Waals surface area contributed by atoms with Crippen molar-refractivity contribution in [3.8, 4) is 0 Å². The van der Waals surface area contributed by atoms with E-state index in [1.807, 2.05) is 30.3 Å². The van der Waals surface area contributed by atoms with Crippen molar-refractivity contribution in [3.05, 3.63) is 30.3 Å². The van der Waals surface area contributed by atoms with Crippen LogP contribution >= 0.6 is 0 Å². The summed E-state index contributed by atoms with van der Waals surface area (Å²) in [4.78, 5) is 13.7. The van der Waals surface area contributed by atoms with E-state index in [9.17, 15) is 4.79 Å². The maximum atomic E-state index is 11.9. The molecule has 2 N–H and O–H groups in total. The van der Waals surface area contributed by atoms with Crippen LogP contribution in [-0.4, -0.2) is 41.7 Å². The Hall–Kier alpha value is -1.55. The second-order valence-corrected chi connectivity index (χ2v) is 4.26. The van der Waals surface area contributed by atoms with Crippen LogP contribution in [0.1, 0.15) is 12.8 Å². The molecule has 1 aromatic carbocycles. The Bertz CT molecular complexity index is 363. The smallest absolute Gasteiger partial charge is 0.242 e. The van der Waals surface area contributed by atoms with E-state index in [2.05, 4.69) is 5.32 Å². The number of para-hydroxylation sites is 1. The first kappa shape index (κ1) is 11.9. The van der Waals surface area contributed by atoms with E-state index >= 15 is 0 Å². The molecule has 1 amide bonds. The fourth-order valence-electron chi connectivity index (χ4n) is 1.84. The summed E-state index contributed by atoms with van der Waals surface area (Å²) in [7, 11) is 0. The van der Waals surface area contributed by atoms with Crippen molar-refractivity contribution in [1.82, 2.24) is 4.90 Å². The van der Waals surface area contributed by atoms with Gasteiger partial charge in [0.1, 0.15) is 0 Å². The van der Waals surface area contributed by atoms with Gasteiger partial charge in [-0.15, -0.1) is 0 Å². The van der Waals surface area contributed by atoms with E-state index < -0.39 is 0 Å². The SMILES string of the molecule is O=C(CNc1ccccc1)N(CCO)C1CC1. The molecule has 0 unspecified atom stereocenters. The fraction of sp³-hybridized carbons (Fsp3) is 0.462. The van der Waals surface area contributed by atoms with Crippen LogP contribution in [0.5, 0.6) is 0 Å². The summed E-state index contributed by atoms with van der Waals surface area (Å²) >= 11 is 0. The molecule has 1 aliphatic carbocycles. The highest BCUT2D eigenvalue weighted by Crippen LogP contribution is 2.26. The zero-order chi connectivity index (χ0) is 12.1. The normalized spacial score (nSPS) is 14.4. The molecule has 17 heavy (non-hydrogen) atoms. The predicted octanol–water partition coefficient (Wildman–Crippen LogP) is 1.08. The van der Waals surface area contributed by atoms with Crippen LogP contribution in [0.2, 0.25) is 0 Å². The number of amides is 1. The number of aliphatic hydroxyl groups is 1. The van der Waals surface area contributed by atoms with Crippen LogP contribution in [0.3, 0.4) is 0 Å². The van der Waals surface area contributed by atoms with Crippen molar-refractivity contribution < 1.29 is 9.90 Å². The van der Waals surface area contributed by atoms with Gasteiger partial charge in [-0.25, -0.2) is 0 Å². The topological polar surface area (TPSA) is 52.6 Å². The second kappa shape index (κ2) is 5.68. The van der Waals surface area contributed by atoms with Crippen LogP contribution in [0, 0.1) is 0 Å². The summed E-state index contributed by atoms with van der Waals surface area (Å²) in [5, 5.41) is 12.0. The van der Waals surface area contributed by atoms with Gasteiger partial charge in [0.2, 0.25) is 5.91 Å². The third-order valence-electron chi connectivity index (χ3n) is 2.87. The molecule has 0 spiro atoms. The molecule has 0 bridgehead atoms. The van der Waals surface area contributed by atoms with Gasteiger partial charge in [-0.3, -0.25) is 4.79 Å². The average Bonchev–Trinajstić information content (AvgIpc) is 3.18. The molecular weight excluding hydrogens is 216 g/mol. The van der Waals surface area contributed by atoms with Gasteiger partial charge in [0.05, 0.1) is 13.2 Å². The van der Waals surface area contributed by atoms with Crippen molar-refractivity contribution in [2.45, 2.75) is 18.9 Å².